The Labute approximate surface area is 121 Å². The largest absolute Gasteiger partial charge is 0.367 e. The lowest BCUT2D eigenvalue weighted by Gasteiger charge is -2.29. The van der Waals surface area contributed by atoms with Crippen molar-refractivity contribution < 1.29 is 0 Å². The summed E-state index contributed by atoms with van der Waals surface area (Å²) in [5.41, 5.74) is 3.18. The van der Waals surface area contributed by atoms with Gasteiger partial charge in [0, 0.05) is 11.3 Å². The number of nitrogen functional groups attached to an aromatic ring is 1. The monoisotopic (exact) mass is 293 g/mol. The summed E-state index contributed by atoms with van der Waals surface area (Å²) in [4.78, 5) is 8.64. The van der Waals surface area contributed by atoms with E-state index in [9.17, 15) is 0 Å². The van der Waals surface area contributed by atoms with E-state index in [4.69, 9.17) is 5.84 Å². The molecule has 20 heavy (non-hydrogen) atoms. The second kappa shape index (κ2) is 5.84. The van der Waals surface area contributed by atoms with Gasteiger partial charge in [0.25, 0.3) is 0 Å². The molecule has 108 valence electrons. The highest BCUT2D eigenvalue weighted by Gasteiger charge is 2.22. The van der Waals surface area contributed by atoms with E-state index in [1.165, 1.54) is 19.3 Å². The molecule has 8 heteroatoms. The second-order valence-corrected chi connectivity index (χ2v) is 6.18. The van der Waals surface area contributed by atoms with Gasteiger partial charge in [0.15, 0.2) is 5.65 Å². The van der Waals surface area contributed by atoms with Gasteiger partial charge < -0.3 is 5.32 Å². The Morgan fingerprint density at radius 1 is 1.40 bits per heavy atom. The van der Waals surface area contributed by atoms with E-state index in [1.54, 1.807) is 6.20 Å². The molecule has 1 aliphatic carbocycles. The number of aromatic nitrogens is 4. The van der Waals surface area contributed by atoms with Gasteiger partial charge in [0.1, 0.15) is 5.82 Å². The van der Waals surface area contributed by atoms with E-state index in [2.05, 4.69) is 37.2 Å². The summed E-state index contributed by atoms with van der Waals surface area (Å²) in [5.74, 6) is 6.60. The standard InChI is InChI=1S/C12H19N7S/c1-20-8-4-2-3-7(5-8)15-10-9-6-14-19-11(9)17-12(16-10)18-13/h6-8H,2-5,13H2,1H3,(H3,14,15,16,17,18,19). The van der Waals surface area contributed by atoms with Crippen molar-refractivity contribution in [2.75, 3.05) is 17.0 Å². The number of nitrogens with one attached hydrogen (secondary N) is 3. The van der Waals surface area contributed by atoms with Crippen molar-refractivity contribution in [2.45, 2.75) is 37.0 Å². The van der Waals surface area contributed by atoms with Crippen LogP contribution in [-0.2, 0) is 0 Å². The average Bonchev–Trinajstić information content (AvgIpc) is 2.96. The van der Waals surface area contributed by atoms with Crippen molar-refractivity contribution in [1.29, 1.82) is 0 Å². The van der Waals surface area contributed by atoms with Crippen LogP contribution < -0.4 is 16.6 Å². The number of rotatable bonds is 4. The van der Waals surface area contributed by atoms with Crippen LogP contribution in [0.1, 0.15) is 25.7 Å². The van der Waals surface area contributed by atoms with Crippen LogP contribution in [0.3, 0.4) is 0 Å². The van der Waals surface area contributed by atoms with Gasteiger partial charge >= 0.3 is 0 Å². The molecule has 1 aliphatic rings. The second-order valence-electron chi connectivity index (χ2n) is 5.04. The molecule has 2 aromatic rings. The zero-order valence-corrected chi connectivity index (χ0v) is 12.2. The molecule has 2 aromatic heterocycles. The van der Waals surface area contributed by atoms with Crippen LogP contribution in [0.4, 0.5) is 11.8 Å². The molecule has 0 saturated heterocycles. The molecule has 0 bridgehead atoms. The van der Waals surface area contributed by atoms with Gasteiger partial charge in [0.05, 0.1) is 11.6 Å². The number of nitrogens with zero attached hydrogens (tertiary/aromatic N) is 3. The number of hydrogen-bond donors (Lipinski definition) is 4. The van der Waals surface area contributed by atoms with E-state index in [0.717, 1.165) is 22.9 Å². The SMILES string of the molecule is CSC1CCCC(Nc2nc(NN)nc3[nH]ncc23)C1. The molecule has 2 unspecified atom stereocenters. The topological polar surface area (TPSA) is 105 Å². The molecular weight excluding hydrogens is 274 g/mol. The maximum absolute atomic E-state index is 5.41. The summed E-state index contributed by atoms with van der Waals surface area (Å²) in [7, 11) is 0. The molecule has 2 atom stereocenters. The Morgan fingerprint density at radius 2 is 2.30 bits per heavy atom. The first kappa shape index (κ1) is 13.4. The summed E-state index contributed by atoms with van der Waals surface area (Å²) >= 11 is 1.95. The van der Waals surface area contributed by atoms with Crippen molar-refractivity contribution in [3.63, 3.8) is 0 Å². The van der Waals surface area contributed by atoms with Gasteiger partial charge in [-0.3, -0.25) is 10.5 Å². The molecule has 0 amide bonds. The number of H-pyrrole nitrogens is 1. The minimum Gasteiger partial charge on any atom is -0.367 e. The van der Waals surface area contributed by atoms with Crippen LogP contribution in [0.5, 0.6) is 0 Å². The molecule has 1 fully saturated rings. The molecule has 7 nitrogen and oxygen atoms in total. The van der Waals surface area contributed by atoms with Crippen LogP contribution in [0.25, 0.3) is 11.0 Å². The Hall–Kier alpha value is -1.54. The van der Waals surface area contributed by atoms with Gasteiger partial charge in [-0.25, -0.2) is 5.84 Å². The van der Waals surface area contributed by atoms with Crippen molar-refractivity contribution in [3.05, 3.63) is 6.20 Å². The number of fused-ring (bicyclic) bond motifs is 1. The van der Waals surface area contributed by atoms with Gasteiger partial charge in [-0.2, -0.15) is 26.8 Å². The highest BCUT2D eigenvalue weighted by molar-refractivity contribution is 7.99. The predicted octanol–water partition coefficient (Wildman–Crippen LogP) is 1.72. The average molecular weight is 293 g/mol. The minimum absolute atomic E-state index is 0.390. The molecular formula is C12H19N7S. The first-order valence-corrected chi connectivity index (χ1v) is 8.06. The molecule has 0 spiro atoms. The van der Waals surface area contributed by atoms with E-state index in [0.29, 0.717) is 17.6 Å². The fourth-order valence-electron chi connectivity index (χ4n) is 2.69. The summed E-state index contributed by atoms with van der Waals surface area (Å²) in [6.45, 7) is 0. The van der Waals surface area contributed by atoms with Crippen molar-refractivity contribution >= 4 is 34.6 Å². The Balaban J connectivity index is 1.84. The highest BCUT2D eigenvalue weighted by Crippen LogP contribution is 2.30. The quantitative estimate of drug-likeness (QED) is 0.502. The van der Waals surface area contributed by atoms with Crippen LogP contribution in [-0.4, -0.2) is 37.7 Å². The third-order valence-electron chi connectivity index (χ3n) is 3.74. The molecule has 0 aliphatic heterocycles. The Bertz CT molecular complexity index is 584. The first-order chi connectivity index (χ1) is 9.80. The molecule has 0 radical (unpaired) electrons. The Kier molecular flexibility index (Phi) is 3.93. The fourth-order valence-corrected chi connectivity index (χ4v) is 3.52. The van der Waals surface area contributed by atoms with E-state index < -0.39 is 0 Å². The van der Waals surface area contributed by atoms with Crippen LogP contribution in [0.2, 0.25) is 0 Å². The zero-order valence-electron chi connectivity index (χ0n) is 11.4. The van der Waals surface area contributed by atoms with Crippen molar-refractivity contribution in [3.8, 4) is 0 Å². The molecule has 3 rings (SSSR count). The summed E-state index contributed by atoms with van der Waals surface area (Å²) in [6, 6.07) is 0.444. The van der Waals surface area contributed by atoms with E-state index in [-0.39, 0.29) is 0 Å². The highest BCUT2D eigenvalue weighted by atomic mass is 32.2. The molecule has 1 saturated carbocycles. The number of thioether (sulfide) groups is 1. The van der Waals surface area contributed by atoms with Crippen LogP contribution in [0.15, 0.2) is 6.20 Å². The van der Waals surface area contributed by atoms with Crippen molar-refractivity contribution in [2.24, 2.45) is 5.84 Å². The van der Waals surface area contributed by atoms with Gasteiger partial charge in [-0.1, -0.05) is 6.42 Å². The van der Waals surface area contributed by atoms with Crippen LogP contribution in [0, 0.1) is 0 Å². The summed E-state index contributed by atoms with van der Waals surface area (Å²) < 4.78 is 0. The number of hydrazine groups is 1. The predicted molar refractivity (Wildman–Crippen MR) is 82.7 cm³/mol. The lowest BCUT2D eigenvalue weighted by atomic mass is 9.95. The normalized spacial score (nSPS) is 22.9. The number of hydrogen-bond acceptors (Lipinski definition) is 7. The zero-order chi connectivity index (χ0) is 13.9. The summed E-state index contributed by atoms with van der Waals surface area (Å²) in [6.07, 6.45) is 8.82. The lowest BCUT2D eigenvalue weighted by Crippen LogP contribution is -2.29. The molecule has 0 aromatic carbocycles. The van der Waals surface area contributed by atoms with Gasteiger partial charge in [-0.15, -0.1) is 0 Å². The van der Waals surface area contributed by atoms with E-state index in [1.807, 2.05) is 11.8 Å². The number of aromatic amines is 1. The fraction of sp³-hybridized carbons (Fsp3) is 0.583. The Morgan fingerprint density at radius 3 is 3.10 bits per heavy atom. The number of anilines is 2. The van der Waals surface area contributed by atoms with E-state index >= 15 is 0 Å². The smallest absolute Gasteiger partial charge is 0.241 e. The molecule has 5 N–H and O–H groups in total. The lowest BCUT2D eigenvalue weighted by molar-refractivity contribution is 0.473. The first-order valence-electron chi connectivity index (χ1n) is 6.77. The van der Waals surface area contributed by atoms with Gasteiger partial charge in [-0.05, 0) is 25.5 Å². The third kappa shape index (κ3) is 2.66. The third-order valence-corrected chi connectivity index (χ3v) is 4.83. The molecule has 2 heterocycles. The van der Waals surface area contributed by atoms with Crippen molar-refractivity contribution in [1.82, 2.24) is 20.2 Å². The minimum atomic E-state index is 0.390. The maximum Gasteiger partial charge on any atom is 0.241 e. The van der Waals surface area contributed by atoms with Gasteiger partial charge in [0.2, 0.25) is 5.95 Å². The summed E-state index contributed by atoms with van der Waals surface area (Å²) in [5, 5.41) is 12.0. The van der Waals surface area contributed by atoms with Crippen LogP contribution >= 0.6 is 11.8 Å². The number of nitrogens with two attached hydrogens (primary N) is 1. The maximum atomic E-state index is 5.41.